The second-order valence-electron chi connectivity index (χ2n) is 7.95. The van der Waals surface area contributed by atoms with Gasteiger partial charge in [0.1, 0.15) is 5.69 Å². The van der Waals surface area contributed by atoms with E-state index in [1.54, 1.807) is 21.3 Å². The zero-order chi connectivity index (χ0) is 25.1. The first-order chi connectivity index (χ1) is 17.6. The molecule has 0 radical (unpaired) electrons. The van der Waals surface area contributed by atoms with E-state index in [1.165, 1.54) is 0 Å². The van der Waals surface area contributed by atoms with Crippen LogP contribution in [-0.2, 0) is 0 Å². The molecule has 3 aromatic carbocycles. The van der Waals surface area contributed by atoms with E-state index in [2.05, 4.69) is 9.97 Å². The summed E-state index contributed by atoms with van der Waals surface area (Å²) in [6.45, 7) is 0. The zero-order valence-corrected chi connectivity index (χ0v) is 20.2. The van der Waals surface area contributed by atoms with Gasteiger partial charge in [0.25, 0.3) is 0 Å². The average Bonchev–Trinajstić information content (AvgIpc) is 3.38. The van der Waals surface area contributed by atoms with Gasteiger partial charge in [-0.15, -0.1) is 0 Å². The molecule has 0 aliphatic heterocycles. The lowest BCUT2D eigenvalue weighted by Crippen LogP contribution is -2.00. The SMILES string of the molecule is COc1cc(-c2cc(-c3cn(-c4ccccc4)nc3-c3ccccc3)nc(N)n2)cc(OC)c1OC. The average molecular weight is 480 g/mol. The van der Waals surface area contributed by atoms with Crippen LogP contribution >= 0.6 is 0 Å². The van der Waals surface area contributed by atoms with Gasteiger partial charge < -0.3 is 19.9 Å². The highest BCUT2D eigenvalue weighted by Gasteiger charge is 2.19. The number of nitrogens with two attached hydrogens (primary N) is 1. The number of hydrogen-bond donors (Lipinski definition) is 1. The first kappa shape index (κ1) is 22.9. The van der Waals surface area contributed by atoms with E-state index in [1.807, 2.05) is 89.7 Å². The number of nitrogens with zero attached hydrogens (tertiary/aromatic N) is 4. The number of benzene rings is 3. The molecule has 0 saturated carbocycles. The van der Waals surface area contributed by atoms with E-state index in [4.69, 9.17) is 25.0 Å². The number of aromatic nitrogens is 4. The molecule has 0 fully saturated rings. The van der Waals surface area contributed by atoms with Crippen molar-refractivity contribution in [2.24, 2.45) is 0 Å². The lowest BCUT2D eigenvalue weighted by Gasteiger charge is -2.14. The van der Waals surface area contributed by atoms with Gasteiger partial charge in [0.05, 0.1) is 38.4 Å². The third kappa shape index (κ3) is 4.32. The molecule has 0 atom stereocenters. The topological polar surface area (TPSA) is 97.3 Å². The summed E-state index contributed by atoms with van der Waals surface area (Å²) in [7, 11) is 4.71. The lowest BCUT2D eigenvalue weighted by molar-refractivity contribution is 0.324. The Labute approximate surface area is 208 Å². The van der Waals surface area contributed by atoms with Gasteiger partial charge in [-0.2, -0.15) is 5.10 Å². The molecule has 0 aliphatic rings. The quantitative estimate of drug-likeness (QED) is 0.340. The Kier molecular flexibility index (Phi) is 6.23. The third-order valence-electron chi connectivity index (χ3n) is 5.76. The first-order valence-corrected chi connectivity index (χ1v) is 11.3. The maximum Gasteiger partial charge on any atom is 0.221 e. The monoisotopic (exact) mass is 479 g/mol. The van der Waals surface area contributed by atoms with Crippen molar-refractivity contribution >= 4 is 5.95 Å². The van der Waals surface area contributed by atoms with Gasteiger partial charge in [0, 0.05) is 22.9 Å². The lowest BCUT2D eigenvalue weighted by atomic mass is 10.0. The number of anilines is 1. The van der Waals surface area contributed by atoms with E-state index in [0.29, 0.717) is 28.6 Å². The maximum absolute atomic E-state index is 6.20. The number of ether oxygens (including phenoxy) is 3. The molecule has 5 aromatic rings. The molecule has 0 amide bonds. The highest BCUT2D eigenvalue weighted by Crippen LogP contribution is 2.41. The summed E-state index contributed by atoms with van der Waals surface area (Å²) in [5.41, 5.74) is 11.7. The molecule has 2 N–H and O–H groups in total. The van der Waals surface area contributed by atoms with E-state index in [0.717, 1.165) is 28.1 Å². The van der Waals surface area contributed by atoms with Crippen molar-refractivity contribution in [2.45, 2.75) is 0 Å². The second-order valence-corrected chi connectivity index (χ2v) is 7.95. The van der Waals surface area contributed by atoms with Gasteiger partial charge in [-0.3, -0.25) is 0 Å². The Morgan fingerprint density at radius 2 is 1.31 bits per heavy atom. The fourth-order valence-electron chi connectivity index (χ4n) is 4.06. The van der Waals surface area contributed by atoms with Gasteiger partial charge >= 0.3 is 0 Å². The van der Waals surface area contributed by atoms with Crippen molar-refractivity contribution < 1.29 is 14.2 Å². The van der Waals surface area contributed by atoms with Gasteiger partial charge in [-0.1, -0.05) is 48.5 Å². The maximum atomic E-state index is 6.20. The molecule has 8 nitrogen and oxygen atoms in total. The number of rotatable bonds is 7. The Bertz CT molecular complexity index is 1480. The third-order valence-corrected chi connectivity index (χ3v) is 5.76. The summed E-state index contributed by atoms with van der Waals surface area (Å²) in [5, 5.41) is 4.90. The van der Waals surface area contributed by atoms with Crippen LogP contribution in [0.25, 0.3) is 39.5 Å². The highest BCUT2D eigenvalue weighted by molar-refractivity contribution is 5.81. The zero-order valence-electron chi connectivity index (χ0n) is 20.2. The Morgan fingerprint density at radius 1 is 0.694 bits per heavy atom. The molecule has 36 heavy (non-hydrogen) atoms. The van der Waals surface area contributed by atoms with E-state index in [9.17, 15) is 0 Å². The van der Waals surface area contributed by atoms with Gasteiger partial charge in [-0.05, 0) is 30.3 Å². The van der Waals surface area contributed by atoms with Crippen molar-refractivity contribution in [1.82, 2.24) is 19.7 Å². The molecule has 2 heterocycles. The summed E-state index contributed by atoms with van der Waals surface area (Å²) in [6, 6.07) is 25.5. The molecule has 0 aliphatic carbocycles. The van der Waals surface area contributed by atoms with Crippen LogP contribution in [-0.4, -0.2) is 41.1 Å². The standard InChI is InChI=1S/C28H25N5O3/c1-34-24-14-19(15-25(35-2)27(24)36-3)22-16-23(31-28(29)30-22)21-17-33(20-12-8-5-9-13-20)32-26(21)18-10-6-4-7-11-18/h4-17H,1-3H3,(H2,29,30,31). The van der Waals surface area contributed by atoms with Crippen LogP contribution in [0.1, 0.15) is 0 Å². The molecular formula is C28H25N5O3. The van der Waals surface area contributed by atoms with Crippen LogP contribution in [0.3, 0.4) is 0 Å². The summed E-state index contributed by atoms with van der Waals surface area (Å²) in [5.74, 6) is 1.68. The fraction of sp³-hybridized carbons (Fsp3) is 0.107. The van der Waals surface area contributed by atoms with E-state index >= 15 is 0 Å². The van der Waals surface area contributed by atoms with Crippen molar-refractivity contribution in [3.8, 4) is 56.7 Å². The van der Waals surface area contributed by atoms with Gasteiger partial charge in [-0.25, -0.2) is 14.6 Å². The summed E-state index contributed by atoms with van der Waals surface area (Å²) < 4.78 is 18.3. The van der Waals surface area contributed by atoms with Crippen LogP contribution in [0.4, 0.5) is 5.95 Å². The predicted molar refractivity (Wildman–Crippen MR) is 140 cm³/mol. The van der Waals surface area contributed by atoms with E-state index < -0.39 is 0 Å². The minimum absolute atomic E-state index is 0.141. The highest BCUT2D eigenvalue weighted by atomic mass is 16.5. The molecule has 2 aromatic heterocycles. The smallest absolute Gasteiger partial charge is 0.221 e. The Hall–Kier alpha value is -4.85. The normalized spacial score (nSPS) is 10.8. The number of hydrogen-bond acceptors (Lipinski definition) is 7. The number of methoxy groups -OCH3 is 3. The predicted octanol–water partition coefficient (Wildman–Crippen LogP) is 5.27. The molecule has 0 spiro atoms. The largest absolute Gasteiger partial charge is 0.493 e. The van der Waals surface area contributed by atoms with E-state index in [-0.39, 0.29) is 5.95 Å². The summed E-state index contributed by atoms with van der Waals surface area (Å²) in [4.78, 5) is 9.06. The van der Waals surface area contributed by atoms with Crippen LogP contribution in [0.5, 0.6) is 17.2 Å². The Morgan fingerprint density at radius 3 is 1.92 bits per heavy atom. The minimum Gasteiger partial charge on any atom is -0.493 e. The van der Waals surface area contributed by atoms with Crippen molar-refractivity contribution in [1.29, 1.82) is 0 Å². The molecule has 0 bridgehead atoms. The molecule has 8 heteroatoms. The fourth-order valence-corrected chi connectivity index (χ4v) is 4.06. The molecule has 0 saturated heterocycles. The second kappa shape index (κ2) is 9.79. The summed E-state index contributed by atoms with van der Waals surface area (Å²) >= 11 is 0. The molecular weight excluding hydrogens is 454 g/mol. The van der Waals surface area contributed by atoms with Crippen LogP contribution in [0.15, 0.2) is 85.1 Å². The van der Waals surface area contributed by atoms with Crippen LogP contribution in [0, 0.1) is 0 Å². The number of nitrogen functional groups attached to an aromatic ring is 1. The molecule has 0 unspecified atom stereocenters. The molecule has 5 rings (SSSR count). The molecule has 180 valence electrons. The van der Waals surface area contributed by atoms with Crippen molar-refractivity contribution in [3.05, 3.63) is 85.1 Å². The summed E-state index contributed by atoms with van der Waals surface area (Å²) in [6.07, 6.45) is 1.96. The van der Waals surface area contributed by atoms with Crippen molar-refractivity contribution in [3.63, 3.8) is 0 Å². The number of para-hydroxylation sites is 1. The van der Waals surface area contributed by atoms with Crippen molar-refractivity contribution in [2.75, 3.05) is 27.1 Å². The van der Waals surface area contributed by atoms with Crippen LogP contribution in [0.2, 0.25) is 0 Å². The van der Waals surface area contributed by atoms with Gasteiger partial charge in [0.2, 0.25) is 11.7 Å². The minimum atomic E-state index is 0.141. The van der Waals surface area contributed by atoms with Gasteiger partial charge in [0.15, 0.2) is 11.5 Å². The Balaban J connectivity index is 1.69. The first-order valence-electron chi connectivity index (χ1n) is 11.3. The van der Waals surface area contributed by atoms with Crippen LogP contribution < -0.4 is 19.9 Å².